The van der Waals surface area contributed by atoms with Crippen LogP contribution >= 0.6 is 0 Å². The topological polar surface area (TPSA) is 231 Å². The summed E-state index contributed by atoms with van der Waals surface area (Å²) in [4.78, 5) is 61.3. The van der Waals surface area contributed by atoms with E-state index in [4.69, 9.17) is 17.2 Å². The fraction of sp³-hybridized carbons (Fsp3) is 0.737. The molecule has 1 heterocycles. The number of primary amides is 1. The molecule has 10 N–H and O–H groups in total. The van der Waals surface area contributed by atoms with Gasteiger partial charge >= 0.3 is 5.97 Å². The molecule has 0 aliphatic carbocycles. The first-order valence-electron chi connectivity index (χ1n) is 10.6. The predicted molar refractivity (Wildman–Crippen MR) is 113 cm³/mol. The molecule has 0 aromatic carbocycles. The Bertz CT molecular complexity index is 689. The van der Waals surface area contributed by atoms with Crippen molar-refractivity contribution in [2.75, 3.05) is 19.7 Å². The van der Waals surface area contributed by atoms with Gasteiger partial charge in [-0.1, -0.05) is 6.42 Å². The van der Waals surface area contributed by atoms with Crippen LogP contribution < -0.4 is 27.8 Å². The first kappa shape index (κ1) is 27.3. The average molecular weight is 459 g/mol. The fourth-order valence-electron chi connectivity index (χ4n) is 3.43. The van der Waals surface area contributed by atoms with E-state index < -0.39 is 54.5 Å². The predicted octanol–water partition coefficient (Wildman–Crippen LogP) is -3.25. The number of amides is 4. The fourth-order valence-corrected chi connectivity index (χ4v) is 3.43. The van der Waals surface area contributed by atoms with Crippen LogP contribution in [0.25, 0.3) is 0 Å². The summed E-state index contributed by atoms with van der Waals surface area (Å²) in [5, 5.41) is 23.2. The Hall–Kier alpha value is -2.77. The normalized spacial score (nSPS) is 18.5. The van der Waals surface area contributed by atoms with Crippen LogP contribution in [0.3, 0.4) is 0 Å². The lowest BCUT2D eigenvalue weighted by Crippen LogP contribution is -2.57. The number of unbranched alkanes of at least 4 members (excludes halogenated alkanes) is 1. The number of hydrogen-bond acceptors (Lipinski definition) is 8. The minimum absolute atomic E-state index is 0.241. The molecule has 4 amide bonds. The Balaban J connectivity index is 2.73. The highest BCUT2D eigenvalue weighted by atomic mass is 16.4. The highest BCUT2D eigenvalue weighted by Gasteiger charge is 2.37. The Labute approximate surface area is 186 Å². The Morgan fingerprint density at radius 2 is 1.75 bits per heavy atom. The van der Waals surface area contributed by atoms with Crippen LogP contribution in [0.15, 0.2) is 0 Å². The van der Waals surface area contributed by atoms with Crippen molar-refractivity contribution in [3.05, 3.63) is 0 Å². The van der Waals surface area contributed by atoms with Crippen LogP contribution in [-0.2, 0) is 24.0 Å². The maximum atomic E-state index is 12.7. The molecule has 32 heavy (non-hydrogen) atoms. The number of carboxylic acid groups (broad SMARTS) is 1. The molecule has 0 aromatic heterocycles. The van der Waals surface area contributed by atoms with E-state index in [1.54, 1.807) is 0 Å². The molecule has 13 nitrogen and oxygen atoms in total. The summed E-state index contributed by atoms with van der Waals surface area (Å²) in [6.07, 6.45) is 2.28. The molecule has 1 aliphatic rings. The number of nitrogens with one attached hydrogen (secondary N) is 2. The molecule has 0 aromatic rings. The standard InChI is InChI=1S/C19H34N6O7/c20-8-2-1-4-11(21)18(30)25-9-3-5-14(25)17(29)24-13(10-26)16(28)23-12(19(31)32)6-7-15(22)27/h11-14,26H,1-10,20-21H2,(H2,22,27)(H,23,28)(H,24,29)(H,31,32). The minimum Gasteiger partial charge on any atom is -0.480 e. The number of nitrogens with two attached hydrogens (primary N) is 3. The number of rotatable bonds is 14. The first-order chi connectivity index (χ1) is 15.1. The third kappa shape index (κ3) is 8.40. The SMILES string of the molecule is NCCCCC(N)C(=O)N1CCCC1C(=O)NC(CO)C(=O)NC(CCC(N)=O)C(=O)O. The molecule has 0 saturated carbocycles. The molecule has 1 fully saturated rings. The molecule has 13 heteroatoms. The van der Waals surface area contributed by atoms with Crippen LogP contribution in [-0.4, -0.2) is 88.6 Å². The summed E-state index contributed by atoms with van der Waals surface area (Å²) in [5.41, 5.74) is 16.4. The second-order valence-electron chi connectivity index (χ2n) is 7.73. The van der Waals surface area contributed by atoms with Crippen LogP contribution in [0.2, 0.25) is 0 Å². The van der Waals surface area contributed by atoms with Crippen molar-refractivity contribution in [3.63, 3.8) is 0 Å². The second-order valence-corrected chi connectivity index (χ2v) is 7.73. The maximum Gasteiger partial charge on any atom is 0.326 e. The largest absolute Gasteiger partial charge is 0.480 e. The highest BCUT2D eigenvalue weighted by molar-refractivity contribution is 5.94. The van der Waals surface area contributed by atoms with E-state index in [9.17, 15) is 34.2 Å². The van der Waals surface area contributed by atoms with Gasteiger partial charge in [-0.25, -0.2) is 4.79 Å². The molecule has 4 unspecified atom stereocenters. The smallest absolute Gasteiger partial charge is 0.326 e. The van der Waals surface area contributed by atoms with E-state index in [0.717, 1.165) is 6.42 Å². The van der Waals surface area contributed by atoms with Gasteiger partial charge in [0, 0.05) is 13.0 Å². The molecule has 0 radical (unpaired) electrons. The van der Waals surface area contributed by atoms with Crippen LogP contribution in [0.1, 0.15) is 44.9 Å². The van der Waals surface area contributed by atoms with E-state index in [2.05, 4.69) is 10.6 Å². The quantitative estimate of drug-likeness (QED) is 0.129. The number of hydrogen-bond donors (Lipinski definition) is 7. The van der Waals surface area contributed by atoms with Gasteiger partial charge in [0.05, 0.1) is 12.6 Å². The maximum absolute atomic E-state index is 12.7. The van der Waals surface area contributed by atoms with Crippen molar-refractivity contribution in [3.8, 4) is 0 Å². The summed E-state index contributed by atoms with van der Waals surface area (Å²) >= 11 is 0. The van der Waals surface area contributed by atoms with E-state index in [1.807, 2.05) is 0 Å². The number of aliphatic carboxylic acids is 1. The van der Waals surface area contributed by atoms with Crippen molar-refractivity contribution in [2.45, 2.75) is 69.1 Å². The van der Waals surface area contributed by atoms with E-state index in [1.165, 1.54) is 4.90 Å². The van der Waals surface area contributed by atoms with E-state index in [0.29, 0.717) is 38.8 Å². The number of nitrogens with zero attached hydrogens (tertiary/aromatic N) is 1. The van der Waals surface area contributed by atoms with Crippen LogP contribution in [0, 0.1) is 0 Å². The summed E-state index contributed by atoms with van der Waals surface area (Å²) in [7, 11) is 0. The van der Waals surface area contributed by atoms with Gasteiger partial charge in [-0.3, -0.25) is 19.2 Å². The molecule has 1 rings (SSSR count). The van der Waals surface area contributed by atoms with Crippen LogP contribution in [0.5, 0.6) is 0 Å². The number of carbonyl (C=O) groups is 5. The molecular formula is C19H34N6O7. The Morgan fingerprint density at radius 1 is 1.06 bits per heavy atom. The molecule has 1 aliphatic heterocycles. The van der Waals surface area contributed by atoms with Crippen molar-refractivity contribution >= 4 is 29.6 Å². The number of carboxylic acids is 1. The second kappa shape index (κ2) is 13.6. The van der Waals surface area contributed by atoms with Crippen molar-refractivity contribution < 1.29 is 34.2 Å². The lowest BCUT2D eigenvalue weighted by Gasteiger charge is -2.28. The van der Waals surface area contributed by atoms with Crippen LogP contribution in [0.4, 0.5) is 0 Å². The zero-order valence-electron chi connectivity index (χ0n) is 18.0. The molecular weight excluding hydrogens is 424 g/mol. The van der Waals surface area contributed by atoms with Gasteiger partial charge in [0.1, 0.15) is 18.1 Å². The van der Waals surface area contributed by atoms with E-state index >= 15 is 0 Å². The highest BCUT2D eigenvalue weighted by Crippen LogP contribution is 2.19. The van der Waals surface area contributed by atoms with Gasteiger partial charge < -0.3 is 42.9 Å². The first-order valence-corrected chi connectivity index (χ1v) is 10.6. The minimum atomic E-state index is -1.44. The monoisotopic (exact) mass is 458 g/mol. The number of aliphatic hydroxyl groups excluding tert-OH is 1. The van der Waals surface area contributed by atoms with Crippen molar-refractivity contribution in [1.29, 1.82) is 0 Å². The van der Waals surface area contributed by atoms with E-state index in [-0.39, 0.29) is 18.7 Å². The summed E-state index contributed by atoms with van der Waals surface area (Å²) in [6.45, 7) is 0.0379. The zero-order valence-corrected chi connectivity index (χ0v) is 18.0. The molecule has 1 saturated heterocycles. The molecule has 0 spiro atoms. The van der Waals surface area contributed by atoms with Gasteiger partial charge in [-0.05, 0) is 38.6 Å². The zero-order chi connectivity index (χ0) is 24.3. The third-order valence-corrected chi connectivity index (χ3v) is 5.23. The van der Waals surface area contributed by atoms with Gasteiger partial charge in [0.2, 0.25) is 23.6 Å². The van der Waals surface area contributed by atoms with Crippen molar-refractivity contribution in [1.82, 2.24) is 15.5 Å². The third-order valence-electron chi connectivity index (χ3n) is 5.23. The lowest BCUT2D eigenvalue weighted by atomic mass is 10.1. The molecule has 4 atom stereocenters. The number of carbonyl (C=O) groups excluding carboxylic acids is 4. The van der Waals surface area contributed by atoms with Gasteiger partial charge in [-0.15, -0.1) is 0 Å². The summed E-state index contributed by atoms with van der Waals surface area (Å²) in [5.74, 6) is -4.08. The van der Waals surface area contributed by atoms with Gasteiger partial charge in [0.15, 0.2) is 0 Å². The van der Waals surface area contributed by atoms with Gasteiger partial charge in [-0.2, -0.15) is 0 Å². The molecule has 182 valence electrons. The average Bonchev–Trinajstić information content (AvgIpc) is 3.23. The Morgan fingerprint density at radius 3 is 2.31 bits per heavy atom. The number of likely N-dealkylation sites (tertiary alicyclic amines) is 1. The molecule has 0 bridgehead atoms. The summed E-state index contributed by atoms with van der Waals surface area (Å²) in [6, 6.07) is -4.48. The van der Waals surface area contributed by atoms with Gasteiger partial charge in [0.25, 0.3) is 0 Å². The Kier molecular flexibility index (Phi) is 11.6. The number of aliphatic hydroxyl groups is 1. The summed E-state index contributed by atoms with van der Waals surface area (Å²) < 4.78 is 0. The lowest BCUT2D eigenvalue weighted by molar-refractivity contribution is -0.143. The van der Waals surface area contributed by atoms with Crippen molar-refractivity contribution in [2.24, 2.45) is 17.2 Å².